The molecule has 3 N–H and O–H groups in total. The average molecular weight is 523 g/mol. The summed E-state index contributed by atoms with van der Waals surface area (Å²) in [6.45, 7) is 1.56. The van der Waals surface area contributed by atoms with Crippen LogP contribution in [0, 0.1) is 11.3 Å². The highest BCUT2D eigenvalue weighted by Crippen LogP contribution is 2.38. The van der Waals surface area contributed by atoms with E-state index in [0.717, 1.165) is 6.20 Å². The molecule has 0 unspecified atom stereocenters. The van der Waals surface area contributed by atoms with Gasteiger partial charge in [-0.15, -0.1) is 5.10 Å². The van der Waals surface area contributed by atoms with Gasteiger partial charge in [0.05, 0.1) is 56.4 Å². The van der Waals surface area contributed by atoms with Gasteiger partial charge in [0, 0.05) is 13.1 Å². The van der Waals surface area contributed by atoms with Gasteiger partial charge in [-0.1, -0.05) is 6.07 Å². The van der Waals surface area contributed by atoms with Crippen LogP contribution < -0.4 is 15.4 Å². The van der Waals surface area contributed by atoms with Crippen LogP contribution in [0.15, 0.2) is 29.5 Å². The molecule has 5 rings (SSSR count). The summed E-state index contributed by atoms with van der Waals surface area (Å²) < 4.78 is 67.5. The minimum absolute atomic E-state index is 0.0483. The molecule has 14 heteroatoms. The summed E-state index contributed by atoms with van der Waals surface area (Å²) in [4.78, 5) is 6.43. The van der Waals surface area contributed by atoms with E-state index in [1.165, 1.54) is 29.8 Å². The Hall–Kier alpha value is -3.52. The number of fused-ring (bicyclic) bond motifs is 1. The standard InChI is InChI=1S/C23H26F4N8O2/c1-36-22-21-20(12-2-3-17(32-28)18(6-12)29-7-19(26)27)15(25)9-35(21)33-23(31-22)30-16-4-5-34(8-14(16)24)13-10-37-11-13/h2-3,6,9,13-14,16,19,28-29H,4-5,7-8,10-11H2,1H3,(H,30,33)/t14-,16-/m0/s1. The van der Waals surface area contributed by atoms with Crippen LogP contribution in [0.2, 0.25) is 0 Å². The topological polar surface area (TPSA) is 112 Å². The summed E-state index contributed by atoms with van der Waals surface area (Å²) in [7, 11) is 1.37. The molecule has 0 amide bonds. The second-order valence-corrected chi connectivity index (χ2v) is 8.95. The summed E-state index contributed by atoms with van der Waals surface area (Å²) in [5, 5.41) is 13.2. The molecule has 2 atom stereocenters. The maximum atomic E-state index is 15.2. The Bertz CT molecular complexity index is 1290. The van der Waals surface area contributed by atoms with E-state index in [9.17, 15) is 13.2 Å². The largest absolute Gasteiger partial charge is 0.479 e. The van der Waals surface area contributed by atoms with Gasteiger partial charge in [-0.25, -0.2) is 27.6 Å². The van der Waals surface area contributed by atoms with Crippen molar-refractivity contribution in [3.63, 3.8) is 0 Å². The van der Waals surface area contributed by atoms with Gasteiger partial charge in [0.25, 0.3) is 6.43 Å². The number of rotatable bonds is 9. The van der Waals surface area contributed by atoms with Crippen LogP contribution in [0.3, 0.4) is 0 Å². The van der Waals surface area contributed by atoms with Gasteiger partial charge in [-0.05, 0) is 24.1 Å². The van der Waals surface area contributed by atoms with Crippen molar-refractivity contribution in [2.75, 3.05) is 50.6 Å². The fourth-order valence-electron chi connectivity index (χ4n) is 4.64. The Labute approximate surface area is 209 Å². The van der Waals surface area contributed by atoms with Gasteiger partial charge in [0.2, 0.25) is 11.8 Å². The van der Waals surface area contributed by atoms with Crippen LogP contribution in [0.25, 0.3) is 16.6 Å². The quantitative estimate of drug-likeness (QED) is 0.287. The van der Waals surface area contributed by atoms with Crippen molar-refractivity contribution >= 4 is 22.8 Å². The van der Waals surface area contributed by atoms with Gasteiger partial charge < -0.3 is 20.1 Å². The van der Waals surface area contributed by atoms with Crippen molar-refractivity contribution < 1.29 is 27.0 Å². The third kappa shape index (κ3) is 5.03. The lowest BCUT2D eigenvalue weighted by Crippen LogP contribution is -2.57. The highest BCUT2D eigenvalue weighted by atomic mass is 19.3. The van der Waals surface area contributed by atoms with Crippen LogP contribution in [0.4, 0.5) is 34.9 Å². The molecule has 4 heterocycles. The molecular weight excluding hydrogens is 496 g/mol. The number of hydrogen-bond acceptors (Lipinski definition) is 9. The number of alkyl halides is 3. The number of halogens is 4. The Morgan fingerprint density at radius 3 is 2.78 bits per heavy atom. The molecule has 0 bridgehead atoms. The van der Waals surface area contributed by atoms with Crippen molar-refractivity contribution in [3.8, 4) is 17.0 Å². The molecule has 37 heavy (non-hydrogen) atoms. The van der Waals surface area contributed by atoms with E-state index in [4.69, 9.17) is 15.0 Å². The van der Waals surface area contributed by atoms with Gasteiger partial charge in [0.15, 0.2) is 5.82 Å². The SMILES string of the molecule is COc1nc(N[C@H]2CCN(C3COC3)C[C@@H]2F)nn2cc(F)c(-c3ccc(N=N)c(NCC(F)F)c3)c12. The Morgan fingerprint density at radius 2 is 2.14 bits per heavy atom. The molecule has 198 valence electrons. The molecule has 0 radical (unpaired) electrons. The fraction of sp³-hybridized carbons (Fsp3) is 0.478. The first kappa shape index (κ1) is 25.1. The van der Waals surface area contributed by atoms with Crippen LogP contribution in [0.5, 0.6) is 5.88 Å². The predicted octanol–water partition coefficient (Wildman–Crippen LogP) is 4.11. The first-order chi connectivity index (χ1) is 17.9. The third-order valence-corrected chi connectivity index (χ3v) is 6.62. The number of methoxy groups -OCH3 is 1. The molecule has 2 aliphatic rings. The predicted molar refractivity (Wildman–Crippen MR) is 127 cm³/mol. The van der Waals surface area contributed by atoms with Crippen molar-refractivity contribution in [1.82, 2.24) is 19.5 Å². The second kappa shape index (κ2) is 10.5. The summed E-state index contributed by atoms with van der Waals surface area (Å²) in [5.74, 6) is -0.520. The number of piperidine rings is 1. The average Bonchev–Trinajstić information content (AvgIpc) is 3.18. The van der Waals surface area contributed by atoms with E-state index in [1.807, 2.05) is 0 Å². The summed E-state index contributed by atoms with van der Waals surface area (Å²) in [5.41, 5.74) is 8.17. The first-order valence-corrected chi connectivity index (χ1v) is 11.8. The Kier molecular flexibility index (Phi) is 7.11. The third-order valence-electron chi connectivity index (χ3n) is 6.62. The lowest BCUT2D eigenvalue weighted by molar-refractivity contribution is -0.0794. The molecular formula is C23H26F4N8O2. The van der Waals surface area contributed by atoms with E-state index in [0.29, 0.717) is 31.7 Å². The number of anilines is 2. The highest BCUT2D eigenvalue weighted by Gasteiger charge is 2.36. The Morgan fingerprint density at radius 1 is 1.32 bits per heavy atom. The van der Waals surface area contributed by atoms with Crippen molar-refractivity contribution in [2.24, 2.45) is 5.11 Å². The maximum absolute atomic E-state index is 15.2. The fourth-order valence-corrected chi connectivity index (χ4v) is 4.64. The van der Waals surface area contributed by atoms with Gasteiger partial charge in [-0.2, -0.15) is 10.1 Å². The van der Waals surface area contributed by atoms with E-state index in [1.54, 1.807) is 0 Å². The zero-order chi connectivity index (χ0) is 26.1. The minimum atomic E-state index is -2.63. The number of benzene rings is 1. The maximum Gasteiger partial charge on any atom is 0.255 e. The number of nitrogens with one attached hydrogen (secondary N) is 3. The molecule has 0 saturated carbocycles. The minimum Gasteiger partial charge on any atom is -0.479 e. The van der Waals surface area contributed by atoms with E-state index in [2.05, 4.69) is 30.7 Å². The lowest BCUT2D eigenvalue weighted by Gasteiger charge is -2.42. The van der Waals surface area contributed by atoms with Crippen LogP contribution in [-0.2, 0) is 4.74 Å². The number of likely N-dealkylation sites (tertiary alicyclic amines) is 1. The normalized spacial score (nSPS) is 20.7. The zero-order valence-corrected chi connectivity index (χ0v) is 19.9. The van der Waals surface area contributed by atoms with Crippen molar-refractivity contribution in [1.29, 1.82) is 5.53 Å². The monoisotopic (exact) mass is 522 g/mol. The van der Waals surface area contributed by atoms with Gasteiger partial charge >= 0.3 is 0 Å². The number of aromatic nitrogens is 3. The van der Waals surface area contributed by atoms with Gasteiger partial charge in [0.1, 0.15) is 17.4 Å². The number of hydrogen-bond donors (Lipinski definition) is 3. The smallest absolute Gasteiger partial charge is 0.255 e. The summed E-state index contributed by atoms with van der Waals surface area (Å²) >= 11 is 0. The molecule has 1 aromatic carbocycles. The molecule has 2 aromatic heterocycles. The summed E-state index contributed by atoms with van der Waals surface area (Å²) in [6.07, 6.45) is -2.11. The molecule has 0 aliphatic carbocycles. The Balaban J connectivity index is 1.43. The van der Waals surface area contributed by atoms with Crippen molar-refractivity contribution in [2.45, 2.75) is 31.1 Å². The first-order valence-electron chi connectivity index (χ1n) is 11.8. The van der Waals surface area contributed by atoms with E-state index >= 15 is 4.39 Å². The van der Waals surface area contributed by atoms with E-state index in [-0.39, 0.29) is 46.9 Å². The number of nitrogens with zero attached hydrogens (tertiary/aromatic N) is 5. The molecule has 0 spiro atoms. The molecule has 2 aliphatic heterocycles. The van der Waals surface area contributed by atoms with E-state index < -0.39 is 31.0 Å². The second-order valence-electron chi connectivity index (χ2n) is 8.95. The van der Waals surface area contributed by atoms with Crippen molar-refractivity contribution in [3.05, 3.63) is 30.2 Å². The molecule has 3 aromatic rings. The van der Waals surface area contributed by atoms with Gasteiger partial charge in [-0.3, -0.25) is 4.90 Å². The van der Waals surface area contributed by atoms with Crippen LogP contribution in [0.1, 0.15) is 6.42 Å². The molecule has 10 nitrogen and oxygen atoms in total. The molecule has 2 fully saturated rings. The highest BCUT2D eigenvalue weighted by molar-refractivity contribution is 5.88. The molecule has 2 saturated heterocycles. The van der Waals surface area contributed by atoms with Crippen LogP contribution in [-0.4, -0.2) is 84.1 Å². The zero-order valence-electron chi connectivity index (χ0n) is 19.9. The van der Waals surface area contributed by atoms with Crippen LogP contribution >= 0.6 is 0 Å². The lowest BCUT2D eigenvalue weighted by atomic mass is 10.0. The summed E-state index contributed by atoms with van der Waals surface area (Å²) in [6, 6.07) is 4.09. The number of ether oxygens (including phenoxy) is 2.